The highest BCUT2D eigenvalue weighted by Gasteiger charge is 2.27. The van der Waals surface area contributed by atoms with E-state index in [4.69, 9.17) is 4.74 Å². The zero-order valence-electron chi connectivity index (χ0n) is 15.7. The number of nitro benzene ring substituents is 1. The summed E-state index contributed by atoms with van der Waals surface area (Å²) in [7, 11) is 0. The number of hydrogen-bond donors (Lipinski definition) is 1. The Balaban J connectivity index is 2.02. The first-order chi connectivity index (χ1) is 14.8. The van der Waals surface area contributed by atoms with Crippen LogP contribution in [0.2, 0.25) is 0 Å². The molecule has 0 fully saturated rings. The Bertz CT molecular complexity index is 1140. The van der Waals surface area contributed by atoms with Gasteiger partial charge in [0, 0.05) is 12.6 Å². The second-order valence-electron chi connectivity index (χ2n) is 6.04. The second kappa shape index (κ2) is 9.69. The van der Waals surface area contributed by atoms with E-state index in [1.165, 1.54) is 18.2 Å². The van der Waals surface area contributed by atoms with E-state index in [0.717, 1.165) is 11.6 Å². The highest BCUT2D eigenvalue weighted by Crippen LogP contribution is 2.36. The molecule has 2 aromatic carbocycles. The minimum absolute atomic E-state index is 0.0841. The SMILES string of the molecule is O=[N+]([O-])c1cccc(Oc2nc(CS(=O)[O-])nc(NCc3ccccc3)c2[N+](=O)[O-])c1. The van der Waals surface area contributed by atoms with Crippen molar-refractivity contribution in [3.8, 4) is 11.6 Å². The van der Waals surface area contributed by atoms with Crippen LogP contribution in [-0.4, -0.2) is 28.6 Å². The molecular weight excluding hydrogens is 430 g/mol. The van der Waals surface area contributed by atoms with Gasteiger partial charge in [0.15, 0.2) is 0 Å². The van der Waals surface area contributed by atoms with Crippen LogP contribution in [-0.2, 0) is 23.4 Å². The lowest BCUT2D eigenvalue weighted by molar-refractivity contribution is -0.385. The van der Waals surface area contributed by atoms with E-state index in [9.17, 15) is 29.0 Å². The average molecular weight is 444 g/mol. The Morgan fingerprint density at radius 2 is 1.74 bits per heavy atom. The Morgan fingerprint density at radius 1 is 1.00 bits per heavy atom. The fraction of sp³-hybridized carbons (Fsp3) is 0.111. The number of non-ortho nitro benzene ring substituents is 1. The average Bonchev–Trinajstić information content (AvgIpc) is 2.72. The van der Waals surface area contributed by atoms with Gasteiger partial charge in [-0.2, -0.15) is 4.98 Å². The van der Waals surface area contributed by atoms with E-state index in [1.807, 2.05) is 6.07 Å². The molecule has 0 amide bonds. The van der Waals surface area contributed by atoms with E-state index in [0.29, 0.717) is 0 Å². The molecule has 0 aliphatic carbocycles. The van der Waals surface area contributed by atoms with E-state index in [-0.39, 0.29) is 29.6 Å². The minimum atomic E-state index is -2.56. The summed E-state index contributed by atoms with van der Waals surface area (Å²) in [6.07, 6.45) is 0. The van der Waals surface area contributed by atoms with Crippen molar-refractivity contribution in [3.05, 3.63) is 86.2 Å². The standard InChI is InChI=1S/C18H15N5O7S/c24-22(25)13-7-4-8-14(9-13)30-18-16(23(26)27)17(20-15(21-18)11-31(28)29)19-10-12-5-2-1-3-6-12/h1-9H,10-11H2,(H,28,29)(H,19,20,21)/p-1. The molecule has 13 heteroatoms. The summed E-state index contributed by atoms with van der Waals surface area (Å²) in [5.74, 6) is -1.72. The van der Waals surface area contributed by atoms with Gasteiger partial charge in [0.25, 0.3) is 5.69 Å². The fourth-order valence-electron chi connectivity index (χ4n) is 2.56. The molecule has 1 N–H and O–H groups in total. The first-order valence-corrected chi connectivity index (χ1v) is 9.89. The predicted octanol–water partition coefficient (Wildman–Crippen LogP) is 3.08. The van der Waals surface area contributed by atoms with Gasteiger partial charge in [0.05, 0.1) is 21.7 Å². The van der Waals surface area contributed by atoms with Crippen LogP contribution in [0.5, 0.6) is 11.6 Å². The van der Waals surface area contributed by atoms with Crippen LogP contribution in [0, 0.1) is 20.2 Å². The second-order valence-corrected chi connectivity index (χ2v) is 6.94. The quantitative estimate of drug-likeness (QED) is 0.293. The van der Waals surface area contributed by atoms with Crippen LogP contribution >= 0.6 is 0 Å². The molecule has 1 heterocycles. The summed E-state index contributed by atoms with van der Waals surface area (Å²) in [5.41, 5.74) is -0.133. The highest BCUT2D eigenvalue weighted by molar-refractivity contribution is 7.78. The van der Waals surface area contributed by atoms with Gasteiger partial charge in [-0.1, -0.05) is 36.4 Å². The molecule has 0 spiro atoms. The van der Waals surface area contributed by atoms with Crippen LogP contribution in [0.25, 0.3) is 0 Å². The number of aromatic nitrogens is 2. The molecule has 1 unspecified atom stereocenters. The number of rotatable bonds is 9. The predicted molar refractivity (Wildman–Crippen MR) is 108 cm³/mol. The van der Waals surface area contributed by atoms with Crippen LogP contribution in [0.1, 0.15) is 11.4 Å². The third-order valence-corrected chi connectivity index (χ3v) is 4.37. The Labute approximate surface area is 177 Å². The van der Waals surface area contributed by atoms with E-state index in [2.05, 4.69) is 15.3 Å². The molecule has 0 saturated heterocycles. The third kappa shape index (κ3) is 5.77. The van der Waals surface area contributed by atoms with Gasteiger partial charge in [0.1, 0.15) is 11.6 Å². The molecule has 0 aliphatic heterocycles. The van der Waals surface area contributed by atoms with E-state index in [1.54, 1.807) is 24.3 Å². The molecule has 1 aromatic heterocycles. The molecule has 0 aliphatic rings. The third-order valence-electron chi connectivity index (χ3n) is 3.87. The van der Waals surface area contributed by atoms with E-state index < -0.39 is 38.2 Å². The zero-order valence-corrected chi connectivity index (χ0v) is 16.5. The monoisotopic (exact) mass is 444 g/mol. The molecule has 3 aromatic rings. The normalized spacial score (nSPS) is 11.5. The molecule has 0 bridgehead atoms. The number of benzene rings is 2. The number of nitrogens with one attached hydrogen (secondary N) is 1. The van der Waals surface area contributed by atoms with Gasteiger partial charge >= 0.3 is 11.6 Å². The van der Waals surface area contributed by atoms with Crippen molar-refractivity contribution >= 4 is 28.3 Å². The van der Waals surface area contributed by atoms with Crippen LogP contribution < -0.4 is 10.1 Å². The fourth-order valence-corrected chi connectivity index (χ4v) is 2.90. The van der Waals surface area contributed by atoms with Crippen molar-refractivity contribution in [2.75, 3.05) is 5.32 Å². The Morgan fingerprint density at radius 3 is 2.39 bits per heavy atom. The maximum Gasteiger partial charge on any atom is 0.373 e. The first-order valence-electron chi connectivity index (χ1n) is 8.64. The van der Waals surface area contributed by atoms with Crippen molar-refractivity contribution < 1.29 is 23.3 Å². The largest absolute Gasteiger partial charge is 0.772 e. The van der Waals surface area contributed by atoms with Crippen molar-refractivity contribution in [2.45, 2.75) is 12.3 Å². The van der Waals surface area contributed by atoms with Gasteiger partial charge in [-0.3, -0.25) is 24.4 Å². The molecule has 31 heavy (non-hydrogen) atoms. The van der Waals surface area contributed by atoms with E-state index >= 15 is 0 Å². The lowest BCUT2D eigenvalue weighted by atomic mass is 10.2. The van der Waals surface area contributed by atoms with Crippen molar-refractivity contribution in [1.29, 1.82) is 0 Å². The van der Waals surface area contributed by atoms with Crippen molar-refractivity contribution in [1.82, 2.24) is 9.97 Å². The smallest absolute Gasteiger partial charge is 0.373 e. The molecule has 0 radical (unpaired) electrons. The summed E-state index contributed by atoms with van der Waals surface area (Å²) in [5, 5.41) is 25.5. The van der Waals surface area contributed by atoms with Crippen molar-refractivity contribution in [3.63, 3.8) is 0 Å². The summed E-state index contributed by atoms with van der Waals surface area (Å²) >= 11 is -2.56. The molecular formula is C18H14N5O7S-. The van der Waals surface area contributed by atoms with Gasteiger partial charge in [0.2, 0.25) is 5.82 Å². The number of ether oxygens (including phenoxy) is 1. The molecule has 0 saturated carbocycles. The molecule has 160 valence electrons. The summed E-state index contributed by atoms with van der Waals surface area (Å²) < 4.78 is 27.7. The van der Waals surface area contributed by atoms with Gasteiger partial charge in [-0.15, -0.1) is 0 Å². The van der Waals surface area contributed by atoms with Crippen LogP contribution in [0.4, 0.5) is 17.2 Å². The highest BCUT2D eigenvalue weighted by atomic mass is 32.2. The van der Waals surface area contributed by atoms with Gasteiger partial charge in [-0.05, 0) is 22.7 Å². The number of nitrogens with zero attached hydrogens (tertiary/aromatic N) is 4. The summed E-state index contributed by atoms with van der Waals surface area (Å²) in [4.78, 5) is 29.1. The molecule has 12 nitrogen and oxygen atoms in total. The lowest BCUT2D eigenvalue weighted by Crippen LogP contribution is -2.11. The topological polar surface area (TPSA) is 173 Å². The van der Waals surface area contributed by atoms with Crippen LogP contribution in [0.3, 0.4) is 0 Å². The lowest BCUT2D eigenvalue weighted by Gasteiger charge is -2.12. The van der Waals surface area contributed by atoms with Crippen LogP contribution in [0.15, 0.2) is 54.6 Å². The molecule has 1 atom stereocenters. The number of nitro groups is 2. The zero-order chi connectivity index (χ0) is 22.4. The van der Waals surface area contributed by atoms with Crippen molar-refractivity contribution in [2.24, 2.45) is 0 Å². The maximum absolute atomic E-state index is 11.7. The number of anilines is 1. The summed E-state index contributed by atoms with van der Waals surface area (Å²) in [6, 6.07) is 13.9. The van der Waals surface area contributed by atoms with Gasteiger partial charge in [-0.25, -0.2) is 4.98 Å². The molecule has 3 rings (SSSR count). The Kier molecular flexibility index (Phi) is 6.79. The summed E-state index contributed by atoms with van der Waals surface area (Å²) in [6.45, 7) is 0.162. The Hall–Kier alpha value is -3.97. The van der Waals surface area contributed by atoms with Gasteiger partial charge < -0.3 is 14.6 Å². The maximum atomic E-state index is 11.7. The number of hydrogen-bond acceptors (Lipinski definition) is 10. The first kappa shape index (κ1) is 21.7. The minimum Gasteiger partial charge on any atom is -0.772 e.